The summed E-state index contributed by atoms with van der Waals surface area (Å²) in [6.07, 6.45) is -4.10. The fraction of sp³-hybridized carbons (Fsp3) is 1.00. The van der Waals surface area contributed by atoms with Crippen LogP contribution in [-0.2, 0) is 10.0 Å². The van der Waals surface area contributed by atoms with Crippen LogP contribution in [0.3, 0.4) is 0 Å². The van der Waals surface area contributed by atoms with Crippen molar-refractivity contribution >= 4 is 10.0 Å². The zero-order chi connectivity index (χ0) is 17.4. The molecule has 12 heteroatoms. The summed E-state index contributed by atoms with van der Waals surface area (Å²) in [6, 6.07) is 0. The Morgan fingerprint density at radius 2 is 1.23 bits per heavy atom. The summed E-state index contributed by atoms with van der Waals surface area (Å²) in [4.78, 5) is 0. The van der Waals surface area contributed by atoms with Crippen LogP contribution in [0.15, 0.2) is 0 Å². The predicted octanol–water partition coefficient (Wildman–Crippen LogP) is 3.32. The topological polar surface area (TPSA) is 37.4 Å². The lowest BCUT2D eigenvalue weighted by Crippen LogP contribution is -2.63. The Hall–Kier alpha value is -0.650. The first-order valence-electron chi connectivity index (χ1n) is 6.21. The average molecular weight is 363 g/mol. The molecule has 22 heavy (non-hydrogen) atoms. The van der Waals surface area contributed by atoms with E-state index in [0.717, 1.165) is 0 Å². The highest BCUT2D eigenvalue weighted by Crippen LogP contribution is 2.51. The zero-order valence-corrected chi connectivity index (χ0v) is 11.8. The molecule has 0 aromatic rings. The van der Waals surface area contributed by atoms with Gasteiger partial charge in [-0.2, -0.15) is 30.6 Å². The molecule has 0 bridgehead atoms. The van der Waals surface area contributed by atoms with Gasteiger partial charge in [-0.25, -0.2) is 17.2 Å². The molecule has 0 aromatic carbocycles. The van der Waals surface area contributed by atoms with Crippen LogP contribution >= 0.6 is 0 Å². The van der Waals surface area contributed by atoms with Crippen molar-refractivity contribution in [2.24, 2.45) is 0 Å². The zero-order valence-electron chi connectivity index (χ0n) is 11.0. The van der Waals surface area contributed by atoms with Crippen LogP contribution in [0.1, 0.15) is 25.7 Å². The lowest BCUT2D eigenvalue weighted by Gasteiger charge is -2.34. The molecule has 0 atom stereocenters. The molecule has 0 saturated carbocycles. The van der Waals surface area contributed by atoms with Crippen molar-refractivity contribution < 1.29 is 43.5 Å². The first kappa shape index (κ1) is 19.4. The van der Waals surface area contributed by atoms with E-state index in [4.69, 9.17) is 0 Å². The Morgan fingerprint density at radius 1 is 0.818 bits per heavy atom. The van der Waals surface area contributed by atoms with Crippen LogP contribution < -0.4 is 0 Å². The van der Waals surface area contributed by atoms with E-state index in [0.29, 0.717) is 12.8 Å². The Labute approximate surface area is 121 Å². The molecule has 1 rings (SSSR count). The lowest BCUT2D eigenvalue weighted by molar-refractivity contribution is -0.315. The van der Waals surface area contributed by atoms with Gasteiger partial charge in [0.15, 0.2) is 0 Å². The number of nitrogens with zero attached hydrogens (tertiary/aromatic N) is 1. The molecule has 3 nitrogen and oxygen atoms in total. The minimum Gasteiger partial charge on any atom is -0.206 e. The molecular weight excluding hydrogens is 350 g/mol. The summed E-state index contributed by atoms with van der Waals surface area (Å²) >= 11 is 0. The summed E-state index contributed by atoms with van der Waals surface area (Å²) in [7, 11) is -6.22. The number of halogens is 8. The van der Waals surface area contributed by atoms with Crippen molar-refractivity contribution in [3.05, 3.63) is 0 Å². The van der Waals surface area contributed by atoms with Crippen LogP contribution in [0.5, 0.6) is 0 Å². The standard InChI is InChI=1S/C10H13F8NO2S/c11-7(12)8(13,14)9(15,16)10(17,18)22(20,21)19-5-3-1-2-4-6-19/h7H,1-6H2. The molecule has 1 aliphatic heterocycles. The molecule has 1 saturated heterocycles. The average Bonchev–Trinajstić information content (AvgIpc) is 2.66. The SMILES string of the molecule is O=S(=O)(N1CCCCCC1)C(F)(F)C(F)(F)C(F)(F)C(F)F. The maximum Gasteiger partial charge on any atom is 0.427 e. The molecule has 0 aromatic heterocycles. The summed E-state index contributed by atoms with van der Waals surface area (Å²) < 4.78 is 126. The lowest BCUT2D eigenvalue weighted by atomic mass is 10.2. The van der Waals surface area contributed by atoms with Crippen molar-refractivity contribution in [1.29, 1.82) is 0 Å². The van der Waals surface area contributed by atoms with Gasteiger partial charge in [-0.15, -0.1) is 0 Å². The third-order valence-electron chi connectivity index (χ3n) is 3.29. The van der Waals surface area contributed by atoms with Gasteiger partial charge in [0.05, 0.1) is 0 Å². The third-order valence-corrected chi connectivity index (χ3v) is 5.24. The number of alkyl halides is 8. The van der Waals surface area contributed by atoms with E-state index in [1.54, 1.807) is 0 Å². The fourth-order valence-electron chi connectivity index (χ4n) is 1.94. The summed E-state index contributed by atoms with van der Waals surface area (Å²) in [5, 5.41) is -6.36. The Bertz CT molecular complexity index is 485. The van der Waals surface area contributed by atoms with Gasteiger partial charge in [0.1, 0.15) is 0 Å². The van der Waals surface area contributed by atoms with Gasteiger partial charge in [-0.3, -0.25) is 0 Å². The van der Waals surface area contributed by atoms with Gasteiger partial charge in [-0.1, -0.05) is 12.8 Å². The normalized spacial score (nSPS) is 20.2. The van der Waals surface area contributed by atoms with Gasteiger partial charge < -0.3 is 0 Å². The first-order chi connectivity index (χ1) is 9.80. The van der Waals surface area contributed by atoms with E-state index in [1.807, 2.05) is 0 Å². The summed E-state index contributed by atoms with van der Waals surface area (Å²) in [5.74, 6) is -13.2. The minimum absolute atomic E-state index is 0.0462. The van der Waals surface area contributed by atoms with E-state index in [-0.39, 0.29) is 17.1 Å². The first-order valence-corrected chi connectivity index (χ1v) is 7.65. The molecule has 1 aliphatic rings. The molecule has 0 spiro atoms. The largest absolute Gasteiger partial charge is 0.427 e. The molecule has 0 unspecified atom stereocenters. The maximum absolute atomic E-state index is 13.6. The number of sulfonamides is 1. The summed E-state index contributed by atoms with van der Waals surface area (Å²) in [5.41, 5.74) is 0. The van der Waals surface area contributed by atoms with Crippen molar-refractivity contribution in [3.8, 4) is 0 Å². The van der Waals surface area contributed by atoms with E-state index < -0.39 is 46.6 Å². The Kier molecular flexibility index (Phi) is 5.38. The van der Waals surface area contributed by atoms with Gasteiger partial charge in [0.25, 0.3) is 10.0 Å². The monoisotopic (exact) mass is 363 g/mol. The van der Waals surface area contributed by atoms with Crippen LogP contribution in [0, 0.1) is 0 Å². The van der Waals surface area contributed by atoms with E-state index >= 15 is 0 Å². The molecule has 132 valence electrons. The highest BCUT2D eigenvalue weighted by Gasteiger charge is 2.80. The molecule has 1 fully saturated rings. The van der Waals surface area contributed by atoms with Crippen molar-refractivity contribution in [3.63, 3.8) is 0 Å². The van der Waals surface area contributed by atoms with Gasteiger partial charge in [-0.05, 0) is 12.8 Å². The van der Waals surface area contributed by atoms with Crippen molar-refractivity contribution in [1.82, 2.24) is 4.31 Å². The predicted molar refractivity (Wildman–Crippen MR) is 59.8 cm³/mol. The highest BCUT2D eigenvalue weighted by molar-refractivity contribution is 7.90. The molecule has 1 heterocycles. The third kappa shape index (κ3) is 2.91. The van der Waals surface area contributed by atoms with Crippen LogP contribution in [0.2, 0.25) is 0 Å². The van der Waals surface area contributed by atoms with Crippen LogP contribution in [0.25, 0.3) is 0 Å². The van der Waals surface area contributed by atoms with Crippen LogP contribution in [-0.4, -0.2) is 49.3 Å². The van der Waals surface area contributed by atoms with Crippen molar-refractivity contribution in [2.75, 3.05) is 13.1 Å². The van der Waals surface area contributed by atoms with Gasteiger partial charge >= 0.3 is 23.5 Å². The maximum atomic E-state index is 13.6. The molecule has 0 radical (unpaired) electrons. The second-order valence-corrected chi connectivity index (χ2v) is 6.81. The second-order valence-electron chi connectivity index (χ2n) is 4.83. The Morgan fingerprint density at radius 3 is 1.59 bits per heavy atom. The second kappa shape index (κ2) is 6.10. The van der Waals surface area contributed by atoms with E-state index in [2.05, 4.69) is 0 Å². The molecule has 0 aliphatic carbocycles. The fourth-order valence-corrected chi connectivity index (χ4v) is 3.46. The van der Waals surface area contributed by atoms with Gasteiger partial charge in [0, 0.05) is 13.1 Å². The smallest absolute Gasteiger partial charge is 0.206 e. The van der Waals surface area contributed by atoms with E-state index in [1.165, 1.54) is 0 Å². The Balaban J connectivity index is 3.25. The molecule has 0 amide bonds. The number of hydrogen-bond acceptors (Lipinski definition) is 2. The van der Waals surface area contributed by atoms with Gasteiger partial charge in [0.2, 0.25) is 0 Å². The summed E-state index contributed by atoms with van der Waals surface area (Å²) in [6.45, 7) is -1.12. The van der Waals surface area contributed by atoms with Crippen LogP contribution in [0.4, 0.5) is 35.1 Å². The number of hydrogen-bond donors (Lipinski definition) is 0. The van der Waals surface area contributed by atoms with E-state index in [9.17, 15) is 43.5 Å². The number of rotatable bonds is 5. The molecular formula is C10H13F8NO2S. The van der Waals surface area contributed by atoms with Crippen molar-refractivity contribution in [2.45, 2.75) is 49.2 Å². The quantitative estimate of drug-likeness (QED) is 0.703. The minimum atomic E-state index is -6.75. The molecule has 0 N–H and O–H groups in total. The highest BCUT2D eigenvalue weighted by atomic mass is 32.2.